The van der Waals surface area contributed by atoms with Crippen molar-refractivity contribution in [1.29, 1.82) is 5.26 Å². The van der Waals surface area contributed by atoms with Crippen LogP contribution in [0.15, 0.2) is 35.5 Å². The second-order valence-corrected chi connectivity index (χ2v) is 12.9. The van der Waals surface area contributed by atoms with Gasteiger partial charge in [-0.25, -0.2) is 8.42 Å². The Morgan fingerprint density at radius 2 is 1.87 bits per heavy atom. The molecule has 3 aliphatic rings. The van der Waals surface area contributed by atoms with Gasteiger partial charge in [0.15, 0.2) is 9.84 Å². The SMILES string of the molecule is Cn1cc(-c2ccc(S(=O)(=O)[C@@H]3C[C@@H](C(=O)NC4(C#N)CC4)N(C(=O)C4(C)CC4)C3)c(C(F)(F)F)c2)cn1. The number of sulfone groups is 1. The maximum Gasteiger partial charge on any atom is 0.417 e. The Hall–Kier alpha value is -3.40. The molecule has 1 saturated heterocycles. The van der Waals surface area contributed by atoms with Crippen molar-refractivity contribution in [2.45, 2.75) is 66.9 Å². The summed E-state index contributed by atoms with van der Waals surface area (Å²) >= 11 is 0. The van der Waals surface area contributed by atoms with Gasteiger partial charge < -0.3 is 10.2 Å². The van der Waals surface area contributed by atoms with E-state index < -0.39 is 67.1 Å². The fourth-order valence-corrected chi connectivity index (χ4v) is 6.77. The van der Waals surface area contributed by atoms with Crippen LogP contribution in [0.3, 0.4) is 0 Å². The number of nitriles is 1. The van der Waals surface area contributed by atoms with Crippen LogP contribution in [-0.2, 0) is 32.7 Å². The highest BCUT2D eigenvalue weighted by Gasteiger charge is 2.55. The first-order valence-electron chi connectivity index (χ1n) is 12.2. The van der Waals surface area contributed by atoms with E-state index in [1.54, 1.807) is 14.0 Å². The lowest BCUT2D eigenvalue weighted by Crippen LogP contribution is -2.50. The molecule has 2 atom stereocenters. The number of halogens is 3. The summed E-state index contributed by atoms with van der Waals surface area (Å²) in [5.74, 6) is -1.07. The van der Waals surface area contributed by atoms with Crippen LogP contribution in [0.25, 0.3) is 11.1 Å². The minimum atomic E-state index is -4.97. The fourth-order valence-electron chi connectivity index (χ4n) is 4.88. The molecular formula is C25H26F3N5O4S. The largest absolute Gasteiger partial charge is 0.417 e. The number of amides is 2. The number of aromatic nitrogens is 2. The van der Waals surface area contributed by atoms with E-state index in [4.69, 9.17) is 0 Å². The number of aryl methyl sites for hydroxylation is 1. The molecule has 38 heavy (non-hydrogen) atoms. The highest BCUT2D eigenvalue weighted by molar-refractivity contribution is 7.92. The van der Waals surface area contributed by atoms with Crippen molar-refractivity contribution in [2.24, 2.45) is 12.5 Å². The van der Waals surface area contributed by atoms with E-state index in [2.05, 4.69) is 10.4 Å². The van der Waals surface area contributed by atoms with Crippen LogP contribution in [0.4, 0.5) is 13.2 Å². The van der Waals surface area contributed by atoms with Crippen LogP contribution in [0.2, 0.25) is 0 Å². The summed E-state index contributed by atoms with van der Waals surface area (Å²) in [5.41, 5.74) is -2.55. The second-order valence-electron chi connectivity index (χ2n) is 10.7. The van der Waals surface area contributed by atoms with Gasteiger partial charge in [-0.1, -0.05) is 13.0 Å². The molecule has 1 N–H and O–H groups in total. The van der Waals surface area contributed by atoms with Gasteiger partial charge >= 0.3 is 6.18 Å². The van der Waals surface area contributed by atoms with Gasteiger partial charge in [0.2, 0.25) is 11.8 Å². The molecule has 0 spiro atoms. The number of alkyl halides is 3. The molecule has 0 bridgehead atoms. The fraction of sp³-hybridized carbons (Fsp3) is 0.520. The summed E-state index contributed by atoms with van der Waals surface area (Å²) in [6.07, 6.45) is -0.424. The van der Waals surface area contributed by atoms with Crippen LogP contribution in [-0.4, -0.2) is 58.3 Å². The molecule has 2 saturated carbocycles. The topological polar surface area (TPSA) is 125 Å². The van der Waals surface area contributed by atoms with Crippen LogP contribution in [0, 0.1) is 16.7 Å². The van der Waals surface area contributed by atoms with Crippen molar-refractivity contribution in [1.82, 2.24) is 20.0 Å². The van der Waals surface area contributed by atoms with Gasteiger partial charge in [-0.3, -0.25) is 14.3 Å². The number of hydrogen-bond acceptors (Lipinski definition) is 6. The zero-order valence-electron chi connectivity index (χ0n) is 20.7. The average molecular weight is 550 g/mol. The molecule has 2 aliphatic carbocycles. The first kappa shape index (κ1) is 26.2. The first-order chi connectivity index (χ1) is 17.7. The van der Waals surface area contributed by atoms with Crippen molar-refractivity contribution < 1.29 is 31.2 Å². The normalized spacial score (nSPS) is 23.5. The molecule has 0 radical (unpaired) electrons. The van der Waals surface area contributed by atoms with E-state index >= 15 is 0 Å². The third kappa shape index (κ3) is 4.55. The Balaban J connectivity index is 1.50. The Labute approximate surface area is 217 Å². The number of nitrogens with one attached hydrogen (secondary N) is 1. The zero-order valence-corrected chi connectivity index (χ0v) is 21.6. The van der Waals surface area contributed by atoms with Crippen molar-refractivity contribution in [3.05, 3.63) is 36.2 Å². The molecule has 1 aromatic heterocycles. The maximum absolute atomic E-state index is 14.1. The highest BCUT2D eigenvalue weighted by Crippen LogP contribution is 2.48. The second kappa shape index (κ2) is 8.56. The van der Waals surface area contributed by atoms with Gasteiger partial charge in [-0.05, 0) is 49.8 Å². The van der Waals surface area contributed by atoms with Gasteiger partial charge in [0.05, 0.1) is 28.0 Å². The minimum absolute atomic E-state index is 0.151. The molecule has 0 unspecified atom stereocenters. The number of rotatable bonds is 6. The Morgan fingerprint density at radius 1 is 1.18 bits per heavy atom. The predicted molar refractivity (Wildman–Crippen MR) is 128 cm³/mol. The zero-order chi connectivity index (χ0) is 27.7. The van der Waals surface area contributed by atoms with E-state index in [1.165, 1.54) is 28.0 Å². The number of carbonyl (C=O) groups excluding carboxylic acids is 2. The maximum atomic E-state index is 14.1. The van der Waals surface area contributed by atoms with Gasteiger partial charge in [0.25, 0.3) is 0 Å². The molecule has 202 valence electrons. The van der Waals surface area contributed by atoms with Crippen LogP contribution in [0.5, 0.6) is 0 Å². The molecule has 9 nitrogen and oxygen atoms in total. The quantitative estimate of drug-likeness (QED) is 0.591. The first-order valence-corrected chi connectivity index (χ1v) is 13.7. The Bertz CT molecular complexity index is 1470. The van der Waals surface area contributed by atoms with Gasteiger partial charge in [0, 0.05) is 30.8 Å². The van der Waals surface area contributed by atoms with Crippen molar-refractivity contribution in [2.75, 3.05) is 6.54 Å². The molecule has 2 aromatic rings. The van der Waals surface area contributed by atoms with Gasteiger partial charge in [0.1, 0.15) is 11.6 Å². The number of likely N-dealkylation sites (tertiary alicyclic amines) is 1. The summed E-state index contributed by atoms with van der Waals surface area (Å²) in [4.78, 5) is 26.6. The Kier molecular flexibility index (Phi) is 5.90. The number of nitrogens with zero attached hydrogens (tertiary/aromatic N) is 4. The Morgan fingerprint density at radius 3 is 2.39 bits per heavy atom. The van der Waals surface area contributed by atoms with E-state index in [0.29, 0.717) is 31.2 Å². The van der Waals surface area contributed by atoms with Crippen LogP contribution < -0.4 is 5.32 Å². The van der Waals surface area contributed by atoms with Crippen LogP contribution >= 0.6 is 0 Å². The molecular weight excluding hydrogens is 523 g/mol. The number of hydrogen-bond donors (Lipinski definition) is 1. The lowest BCUT2D eigenvalue weighted by molar-refractivity contribution is -0.142. The number of benzene rings is 1. The summed E-state index contributed by atoms with van der Waals surface area (Å²) < 4.78 is 71.1. The van der Waals surface area contributed by atoms with Gasteiger partial charge in [-0.2, -0.15) is 23.5 Å². The molecule has 2 amide bonds. The molecule has 5 rings (SSSR count). The summed E-state index contributed by atoms with van der Waals surface area (Å²) in [5, 5.41) is 14.5. The summed E-state index contributed by atoms with van der Waals surface area (Å²) in [6, 6.07) is 3.82. The summed E-state index contributed by atoms with van der Waals surface area (Å²) in [6.45, 7) is 1.30. The monoisotopic (exact) mass is 549 g/mol. The minimum Gasteiger partial charge on any atom is -0.336 e. The standard InChI is InChI=1S/C25H26F3N5O4S/c1-23(5-6-23)22(35)33-13-17(10-19(33)21(34)31-24(14-29)7-8-24)38(36,37)20-4-3-15(9-18(20)25(26,27)28)16-11-30-32(2)12-16/h3-4,9,11-12,17,19H,5-8,10,13H2,1-2H3,(H,31,34)/t17-,19+/m1/s1. The molecule has 3 fully saturated rings. The average Bonchev–Trinajstić information content (AvgIpc) is 3.69. The third-order valence-corrected chi connectivity index (χ3v) is 9.93. The third-order valence-electron chi connectivity index (χ3n) is 7.74. The van der Waals surface area contributed by atoms with Crippen LogP contribution in [0.1, 0.15) is 44.6 Å². The molecule has 1 aromatic carbocycles. The van der Waals surface area contributed by atoms with Crippen molar-refractivity contribution in [3.63, 3.8) is 0 Å². The predicted octanol–water partition coefficient (Wildman–Crippen LogP) is 2.82. The van der Waals surface area contributed by atoms with E-state index in [9.17, 15) is 36.4 Å². The van der Waals surface area contributed by atoms with E-state index in [-0.39, 0.29) is 12.0 Å². The smallest absolute Gasteiger partial charge is 0.336 e. The molecule has 2 heterocycles. The van der Waals surface area contributed by atoms with Gasteiger partial charge in [-0.15, -0.1) is 0 Å². The lowest BCUT2D eigenvalue weighted by atomic mass is 10.1. The molecule has 13 heteroatoms. The summed E-state index contributed by atoms with van der Waals surface area (Å²) in [7, 11) is -3.01. The van der Waals surface area contributed by atoms with Crippen molar-refractivity contribution in [3.8, 4) is 17.2 Å². The molecule has 1 aliphatic heterocycles. The van der Waals surface area contributed by atoms with E-state index in [0.717, 1.165) is 12.1 Å². The highest BCUT2D eigenvalue weighted by atomic mass is 32.2. The van der Waals surface area contributed by atoms with E-state index in [1.807, 2.05) is 6.07 Å². The van der Waals surface area contributed by atoms with Crippen molar-refractivity contribution >= 4 is 21.7 Å². The number of carbonyl (C=O) groups is 2. The lowest BCUT2D eigenvalue weighted by Gasteiger charge is -2.27.